The normalized spacial score (nSPS) is 13.3. The van der Waals surface area contributed by atoms with Crippen LogP contribution in [0.3, 0.4) is 0 Å². The van der Waals surface area contributed by atoms with Crippen molar-refractivity contribution in [2.24, 2.45) is 0 Å². The molecule has 1 unspecified atom stereocenters. The number of non-ortho nitro benzene ring substituents is 1. The first-order valence-electron chi connectivity index (χ1n) is 6.04. The van der Waals surface area contributed by atoms with Crippen molar-refractivity contribution in [3.63, 3.8) is 0 Å². The van der Waals surface area contributed by atoms with Crippen molar-refractivity contribution in [1.29, 1.82) is 5.26 Å². The van der Waals surface area contributed by atoms with E-state index < -0.39 is 10.5 Å². The van der Waals surface area contributed by atoms with Gasteiger partial charge in [0.05, 0.1) is 11.0 Å². The van der Waals surface area contributed by atoms with Gasteiger partial charge in [0.2, 0.25) is 0 Å². The summed E-state index contributed by atoms with van der Waals surface area (Å²) in [6, 6.07) is 7.96. The molecule has 0 spiro atoms. The van der Waals surface area contributed by atoms with Crippen LogP contribution < -0.4 is 10.1 Å². The summed E-state index contributed by atoms with van der Waals surface area (Å²) in [6.45, 7) is 4.69. The molecular formula is C13H17N3O3. The number of benzene rings is 1. The maximum Gasteiger partial charge on any atom is 0.269 e. The van der Waals surface area contributed by atoms with Crippen LogP contribution in [0, 0.1) is 21.4 Å². The number of nitrogens with one attached hydrogen (secondary N) is 1. The molecule has 0 saturated heterocycles. The Morgan fingerprint density at radius 1 is 1.47 bits per heavy atom. The second-order valence-electron chi connectivity index (χ2n) is 4.41. The summed E-state index contributed by atoms with van der Waals surface area (Å²) in [5.74, 6) is 0.505. The molecule has 0 aliphatic carbocycles. The number of hydrogen-bond donors (Lipinski definition) is 1. The summed E-state index contributed by atoms with van der Waals surface area (Å²) < 4.78 is 5.49. The lowest BCUT2D eigenvalue weighted by Crippen LogP contribution is -2.46. The van der Waals surface area contributed by atoms with Crippen molar-refractivity contribution >= 4 is 5.69 Å². The van der Waals surface area contributed by atoms with Gasteiger partial charge in [0.15, 0.2) is 0 Å². The Balaban J connectivity index is 2.60. The molecule has 1 atom stereocenters. The largest absolute Gasteiger partial charge is 0.491 e. The number of hydrogen-bond acceptors (Lipinski definition) is 5. The Morgan fingerprint density at radius 3 is 2.58 bits per heavy atom. The van der Waals surface area contributed by atoms with Crippen molar-refractivity contribution in [2.45, 2.75) is 25.8 Å². The van der Waals surface area contributed by atoms with E-state index >= 15 is 0 Å². The molecule has 19 heavy (non-hydrogen) atoms. The predicted molar refractivity (Wildman–Crippen MR) is 70.9 cm³/mol. The Kier molecular flexibility index (Phi) is 5.27. The quantitative estimate of drug-likeness (QED) is 0.602. The van der Waals surface area contributed by atoms with E-state index in [4.69, 9.17) is 10.00 Å². The number of rotatable bonds is 7. The van der Waals surface area contributed by atoms with Gasteiger partial charge in [-0.15, -0.1) is 0 Å². The molecular weight excluding hydrogens is 246 g/mol. The average molecular weight is 263 g/mol. The van der Waals surface area contributed by atoms with Gasteiger partial charge in [0, 0.05) is 12.1 Å². The highest BCUT2D eigenvalue weighted by Gasteiger charge is 2.23. The zero-order valence-corrected chi connectivity index (χ0v) is 11.0. The molecule has 102 valence electrons. The van der Waals surface area contributed by atoms with Crippen LogP contribution in [0.1, 0.15) is 20.3 Å². The predicted octanol–water partition coefficient (Wildman–Crippen LogP) is 2.26. The van der Waals surface area contributed by atoms with Crippen LogP contribution in [0.5, 0.6) is 5.75 Å². The van der Waals surface area contributed by atoms with Crippen LogP contribution in [-0.2, 0) is 0 Å². The highest BCUT2D eigenvalue weighted by atomic mass is 16.6. The number of nitro groups is 1. The molecule has 0 amide bonds. The molecule has 6 heteroatoms. The zero-order chi connectivity index (χ0) is 14.3. The van der Waals surface area contributed by atoms with E-state index in [9.17, 15) is 10.1 Å². The summed E-state index contributed by atoms with van der Waals surface area (Å²) in [4.78, 5) is 10.0. The maximum absolute atomic E-state index is 10.5. The van der Waals surface area contributed by atoms with Gasteiger partial charge in [-0.2, -0.15) is 5.26 Å². The summed E-state index contributed by atoms with van der Waals surface area (Å²) >= 11 is 0. The Bertz CT molecular complexity index is 467. The van der Waals surface area contributed by atoms with E-state index in [1.807, 2.05) is 6.92 Å². The molecule has 0 heterocycles. The number of nitriles is 1. The standard InChI is InChI=1S/C13H17N3O3/c1-3-8-15-13(2,9-14)10-19-12-6-4-11(5-7-12)16(17)18/h4-7,15H,3,8,10H2,1-2H3. The minimum Gasteiger partial charge on any atom is -0.491 e. The Morgan fingerprint density at radius 2 is 2.11 bits per heavy atom. The van der Waals surface area contributed by atoms with Crippen LogP contribution in [0.15, 0.2) is 24.3 Å². The second-order valence-corrected chi connectivity index (χ2v) is 4.41. The van der Waals surface area contributed by atoms with Gasteiger partial charge in [-0.25, -0.2) is 0 Å². The van der Waals surface area contributed by atoms with Crippen LogP contribution in [0.25, 0.3) is 0 Å². The summed E-state index contributed by atoms with van der Waals surface area (Å²) in [6.07, 6.45) is 0.925. The smallest absolute Gasteiger partial charge is 0.269 e. The molecule has 0 radical (unpaired) electrons. The average Bonchev–Trinajstić information content (AvgIpc) is 2.43. The summed E-state index contributed by atoms with van der Waals surface area (Å²) in [7, 11) is 0. The first-order valence-corrected chi connectivity index (χ1v) is 6.04. The third-order valence-electron chi connectivity index (χ3n) is 2.59. The van der Waals surface area contributed by atoms with E-state index in [-0.39, 0.29) is 12.3 Å². The molecule has 0 bridgehead atoms. The maximum atomic E-state index is 10.5. The van der Waals surface area contributed by atoms with Crippen molar-refractivity contribution in [3.8, 4) is 11.8 Å². The Labute approximate surface area is 112 Å². The molecule has 0 saturated carbocycles. The lowest BCUT2D eigenvalue weighted by molar-refractivity contribution is -0.384. The molecule has 6 nitrogen and oxygen atoms in total. The molecule has 1 aromatic rings. The number of nitro benzene ring substituents is 1. The summed E-state index contributed by atoms with van der Waals surface area (Å²) in [5, 5.41) is 22.7. The van der Waals surface area contributed by atoms with Crippen molar-refractivity contribution in [1.82, 2.24) is 5.32 Å². The number of nitrogens with zero attached hydrogens (tertiary/aromatic N) is 2. The fourth-order valence-corrected chi connectivity index (χ4v) is 1.42. The molecule has 0 aromatic heterocycles. The topological polar surface area (TPSA) is 88.2 Å². The second kappa shape index (κ2) is 6.71. The molecule has 1 rings (SSSR count). The van der Waals surface area contributed by atoms with E-state index in [0.717, 1.165) is 13.0 Å². The van der Waals surface area contributed by atoms with Gasteiger partial charge in [-0.05, 0) is 32.0 Å². The fourth-order valence-electron chi connectivity index (χ4n) is 1.42. The van der Waals surface area contributed by atoms with E-state index in [0.29, 0.717) is 5.75 Å². The van der Waals surface area contributed by atoms with Gasteiger partial charge >= 0.3 is 0 Å². The molecule has 1 N–H and O–H groups in total. The van der Waals surface area contributed by atoms with Gasteiger partial charge in [0.1, 0.15) is 17.9 Å². The van der Waals surface area contributed by atoms with Gasteiger partial charge in [0.25, 0.3) is 5.69 Å². The van der Waals surface area contributed by atoms with Crippen LogP contribution in [0.4, 0.5) is 5.69 Å². The first-order chi connectivity index (χ1) is 9.00. The highest BCUT2D eigenvalue weighted by molar-refractivity contribution is 5.36. The molecule has 1 aromatic carbocycles. The Hall–Kier alpha value is -2.13. The third kappa shape index (κ3) is 4.56. The van der Waals surface area contributed by atoms with E-state index in [2.05, 4.69) is 11.4 Å². The van der Waals surface area contributed by atoms with Crippen LogP contribution in [0.2, 0.25) is 0 Å². The zero-order valence-electron chi connectivity index (χ0n) is 11.0. The van der Waals surface area contributed by atoms with Crippen molar-refractivity contribution < 1.29 is 9.66 Å². The number of ether oxygens (including phenoxy) is 1. The monoisotopic (exact) mass is 263 g/mol. The van der Waals surface area contributed by atoms with E-state index in [1.54, 1.807) is 6.92 Å². The van der Waals surface area contributed by atoms with Crippen LogP contribution in [-0.4, -0.2) is 23.6 Å². The molecule has 0 aliphatic rings. The molecule has 0 fully saturated rings. The fraction of sp³-hybridized carbons (Fsp3) is 0.462. The SMILES string of the molecule is CCCNC(C)(C#N)COc1ccc([N+](=O)[O-])cc1. The molecule has 0 aliphatic heterocycles. The van der Waals surface area contributed by atoms with Crippen molar-refractivity contribution in [3.05, 3.63) is 34.4 Å². The van der Waals surface area contributed by atoms with Crippen molar-refractivity contribution in [2.75, 3.05) is 13.2 Å². The van der Waals surface area contributed by atoms with Gasteiger partial charge in [-0.1, -0.05) is 6.92 Å². The first kappa shape index (κ1) is 14.9. The van der Waals surface area contributed by atoms with Gasteiger partial charge < -0.3 is 4.74 Å². The third-order valence-corrected chi connectivity index (χ3v) is 2.59. The lowest BCUT2D eigenvalue weighted by atomic mass is 10.1. The lowest BCUT2D eigenvalue weighted by Gasteiger charge is -2.23. The minimum absolute atomic E-state index is 0.0134. The van der Waals surface area contributed by atoms with E-state index in [1.165, 1.54) is 24.3 Å². The van der Waals surface area contributed by atoms with Gasteiger partial charge in [-0.3, -0.25) is 15.4 Å². The summed E-state index contributed by atoms with van der Waals surface area (Å²) in [5.41, 5.74) is -0.753. The van der Waals surface area contributed by atoms with Crippen LogP contribution >= 0.6 is 0 Å². The highest BCUT2D eigenvalue weighted by Crippen LogP contribution is 2.18. The minimum atomic E-state index is -0.766.